The lowest BCUT2D eigenvalue weighted by Gasteiger charge is -2.30. The van der Waals surface area contributed by atoms with E-state index in [0.29, 0.717) is 12.5 Å². The van der Waals surface area contributed by atoms with Gasteiger partial charge in [0.2, 0.25) is 0 Å². The van der Waals surface area contributed by atoms with Crippen molar-refractivity contribution < 1.29 is 4.74 Å². The van der Waals surface area contributed by atoms with Crippen molar-refractivity contribution in [1.29, 1.82) is 0 Å². The van der Waals surface area contributed by atoms with Crippen LogP contribution < -0.4 is 0 Å². The molecular formula is C35H51NO. The molecule has 1 aromatic heterocycles. The fraction of sp³-hybridized carbons (Fsp3) is 0.600. The predicted octanol–water partition coefficient (Wildman–Crippen LogP) is 11.0. The van der Waals surface area contributed by atoms with E-state index in [2.05, 4.69) is 67.4 Å². The van der Waals surface area contributed by atoms with Crippen LogP contribution in [-0.4, -0.2) is 4.98 Å². The number of aryl methyl sites for hydroxylation is 1. The lowest BCUT2D eigenvalue weighted by Crippen LogP contribution is -2.17. The van der Waals surface area contributed by atoms with Gasteiger partial charge in [-0.15, -0.1) is 0 Å². The van der Waals surface area contributed by atoms with Crippen molar-refractivity contribution in [1.82, 2.24) is 4.98 Å². The van der Waals surface area contributed by atoms with E-state index >= 15 is 0 Å². The highest BCUT2D eigenvalue weighted by atomic mass is 16.5. The third-order valence-corrected chi connectivity index (χ3v) is 8.49. The Labute approximate surface area is 226 Å². The lowest BCUT2D eigenvalue weighted by atomic mass is 9.79. The molecule has 2 unspecified atom stereocenters. The number of ether oxygens (including phenoxy) is 1. The number of fused-ring (bicyclic) bond motifs is 3. The molecular weight excluding hydrogens is 450 g/mol. The normalized spacial score (nSPS) is 17.4. The lowest BCUT2D eigenvalue weighted by molar-refractivity contribution is 0.0230. The molecule has 1 N–H and O–H groups in total. The van der Waals surface area contributed by atoms with E-state index in [1.165, 1.54) is 118 Å². The van der Waals surface area contributed by atoms with Crippen LogP contribution in [0.4, 0.5) is 0 Å². The Kier molecular flexibility index (Phi) is 11.6. The molecule has 2 atom stereocenters. The summed E-state index contributed by atoms with van der Waals surface area (Å²) in [5.41, 5.74) is 7.13. The first-order chi connectivity index (χ1) is 18.3. The molecule has 37 heavy (non-hydrogen) atoms. The third-order valence-electron chi connectivity index (χ3n) is 8.49. The maximum Gasteiger partial charge on any atom is 0.0980 e. The topological polar surface area (TPSA) is 25.0 Å². The Morgan fingerprint density at radius 1 is 0.730 bits per heavy atom. The van der Waals surface area contributed by atoms with Crippen LogP contribution in [0.1, 0.15) is 145 Å². The number of hydrogen-bond donors (Lipinski definition) is 1. The number of benzene rings is 2. The van der Waals surface area contributed by atoms with Gasteiger partial charge in [0.05, 0.1) is 12.7 Å². The van der Waals surface area contributed by atoms with Crippen molar-refractivity contribution in [2.75, 3.05) is 0 Å². The van der Waals surface area contributed by atoms with Crippen LogP contribution in [0.5, 0.6) is 0 Å². The Morgan fingerprint density at radius 3 is 2.19 bits per heavy atom. The van der Waals surface area contributed by atoms with Gasteiger partial charge in [-0.3, -0.25) is 0 Å². The van der Waals surface area contributed by atoms with Crippen molar-refractivity contribution in [3.63, 3.8) is 0 Å². The molecule has 4 rings (SSSR count). The van der Waals surface area contributed by atoms with Crippen LogP contribution in [0.3, 0.4) is 0 Å². The molecule has 1 aliphatic carbocycles. The second-order valence-corrected chi connectivity index (χ2v) is 11.4. The molecule has 202 valence electrons. The van der Waals surface area contributed by atoms with Crippen molar-refractivity contribution in [2.24, 2.45) is 0 Å². The number of unbranched alkanes of at least 4 members (excludes halogenated alkanes) is 10. The Morgan fingerprint density at radius 2 is 1.43 bits per heavy atom. The van der Waals surface area contributed by atoms with E-state index in [-0.39, 0.29) is 6.10 Å². The number of H-pyrrole nitrogens is 1. The molecule has 2 nitrogen and oxygen atoms in total. The Bertz CT molecular complexity index is 1040. The summed E-state index contributed by atoms with van der Waals surface area (Å²) in [5, 5.41) is 1.54. The number of hydrogen-bond acceptors (Lipinski definition) is 1. The number of rotatable bonds is 17. The van der Waals surface area contributed by atoms with Gasteiger partial charge < -0.3 is 9.72 Å². The number of aromatic amines is 1. The van der Waals surface area contributed by atoms with Gasteiger partial charge in [-0.1, -0.05) is 127 Å². The summed E-state index contributed by atoms with van der Waals surface area (Å²) in [7, 11) is 0. The quantitative estimate of drug-likeness (QED) is 0.183. The van der Waals surface area contributed by atoms with Gasteiger partial charge >= 0.3 is 0 Å². The number of nitrogens with one attached hydrogen (secondary N) is 1. The second kappa shape index (κ2) is 15.4. The van der Waals surface area contributed by atoms with Crippen molar-refractivity contribution in [3.05, 3.63) is 70.9 Å². The molecule has 0 saturated carbocycles. The average molecular weight is 502 g/mol. The fourth-order valence-electron chi connectivity index (χ4n) is 6.39. The molecule has 0 radical (unpaired) electrons. The molecule has 0 saturated heterocycles. The van der Waals surface area contributed by atoms with Crippen molar-refractivity contribution in [3.8, 4) is 0 Å². The van der Waals surface area contributed by atoms with Crippen molar-refractivity contribution >= 4 is 10.9 Å². The minimum Gasteiger partial charge on any atom is -0.367 e. The van der Waals surface area contributed by atoms with Crippen LogP contribution in [-0.2, 0) is 17.8 Å². The fourth-order valence-corrected chi connectivity index (χ4v) is 6.39. The van der Waals surface area contributed by atoms with E-state index in [1.54, 1.807) is 11.1 Å². The SMILES string of the molecule is CCCCCCCCc1cccc2[nH]c3c(c12)C(CCCCCCCC)CCC3OCc1ccccc1. The van der Waals surface area contributed by atoms with Gasteiger partial charge in [-0.05, 0) is 60.8 Å². The first kappa shape index (κ1) is 28.0. The monoisotopic (exact) mass is 501 g/mol. The Hall–Kier alpha value is -2.06. The van der Waals surface area contributed by atoms with Crippen LogP contribution in [0, 0.1) is 0 Å². The minimum atomic E-state index is 0.172. The summed E-state index contributed by atoms with van der Waals surface area (Å²) in [6.07, 6.45) is 21.4. The molecule has 0 spiro atoms. The van der Waals surface area contributed by atoms with Gasteiger partial charge in [-0.25, -0.2) is 0 Å². The highest BCUT2D eigenvalue weighted by molar-refractivity contribution is 5.89. The third kappa shape index (κ3) is 7.96. The van der Waals surface area contributed by atoms with Gasteiger partial charge in [0.15, 0.2) is 0 Å². The molecule has 1 aliphatic rings. The zero-order chi connectivity index (χ0) is 25.7. The van der Waals surface area contributed by atoms with Crippen LogP contribution in [0.15, 0.2) is 48.5 Å². The van der Waals surface area contributed by atoms with Crippen molar-refractivity contribution in [2.45, 2.75) is 135 Å². The molecule has 0 aliphatic heterocycles. The van der Waals surface area contributed by atoms with Gasteiger partial charge in [0, 0.05) is 16.6 Å². The van der Waals surface area contributed by atoms with Gasteiger partial charge in [0.25, 0.3) is 0 Å². The summed E-state index contributed by atoms with van der Waals surface area (Å²) in [6, 6.07) is 17.6. The molecule has 0 fully saturated rings. The summed E-state index contributed by atoms with van der Waals surface area (Å²) in [5.74, 6) is 0.664. The summed E-state index contributed by atoms with van der Waals surface area (Å²) >= 11 is 0. The molecule has 2 aromatic carbocycles. The zero-order valence-electron chi connectivity index (χ0n) is 23.7. The highest BCUT2D eigenvalue weighted by Gasteiger charge is 2.32. The Balaban J connectivity index is 1.51. The molecule has 0 amide bonds. The van der Waals surface area contributed by atoms with Crippen LogP contribution in [0.25, 0.3) is 10.9 Å². The maximum absolute atomic E-state index is 6.59. The first-order valence-corrected chi connectivity index (χ1v) is 15.6. The van der Waals surface area contributed by atoms with Gasteiger partial charge in [0.1, 0.15) is 0 Å². The van der Waals surface area contributed by atoms with E-state index in [1.807, 2.05) is 0 Å². The second-order valence-electron chi connectivity index (χ2n) is 11.4. The molecule has 2 heteroatoms. The van der Waals surface area contributed by atoms with E-state index in [0.717, 1.165) is 6.42 Å². The van der Waals surface area contributed by atoms with E-state index in [4.69, 9.17) is 4.74 Å². The standard InChI is InChI=1S/C35H51NO/c1-3-5-7-9-11-16-21-29-23-18-24-31-33(29)34-30(22-17-12-10-8-6-4-2)25-26-32(35(34)36-31)37-27-28-19-14-13-15-20-28/h13-15,18-20,23-24,30,32,36H,3-12,16-17,21-22,25-27H2,1-2H3. The molecule has 3 aromatic rings. The van der Waals surface area contributed by atoms with E-state index in [9.17, 15) is 0 Å². The zero-order valence-corrected chi connectivity index (χ0v) is 23.7. The maximum atomic E-state index is 6.59. The summed E-state index contributed by atoms with van der Waals surface area (Å²) in [6.45, 7) is 5.29. The van der Waals surface area contributed by atoms with Crippen LogP contribution >= 0.6 is 0 Å². The smallest absolute Gasteiger partial charge is 0.0980 e. The average Bonchev–Trinajstić information content (AvgIpc) is 3.33. The predicted molar refractivity (Wildman–Crippen MR) is 159 cm³/mol. The molecule has 1 heterocycles. The minimum absolute atomic E-state index is 0.172. The summed E-state index contributed by atoms with van der Waals surface area (Å²) in [4.78, 5) is 3.88. The molecule has 0 bridgehead atoms. The van der Waals surface area contributed by atoms with E-state index < -0.39 is 0 Å². The summed E-state index contributed by atoms with van der Waals surface area (Å²) < 4.78 is 6.59. The first-order valence-electron chi connectivity index (χ1n) is 15.6. The van der Waals surface area contributed by atoms with Gasteiger partial charge in [-0.2, -0.15) is 0 Å². The highest BCUT2D eigenvalue weighted by Crippen LogP contribution is 2.46. The van der Waals surface area contributed by atoms with Crippen LogP contribution in [0.2, 0.25) is 0 Å². The number of aromatic nitrogens is 1. The largest absolute Gasteiger partial charge is 0.367 e.